The maximum atomic E-state index is 12.8. The predicted octanol–water partition coefficient (Wildman–Crippen LogP) is 5.06. The minimum atomic E-state index is -0.770. The molecule has 0 saturated carbocycles. The SMILES string of the molecule is CC(C)(C)OC(=O)N(Cc1ccc(B2OC(C)(C)C(C)(C)O2)cc1)C(=O)OCc1ccccc1. The Balaban J connectivity index is 1.72. The number of ether oxygens (including phenoxy) is 2. The van der Waals surface area contributed by atoms with E-state index in [1.165, 1.54) is 0 Å². The number of imide groups is 1. The van der Waals surface area contributed by atoms with Crippen molar-refractivity contribution in [3.8, 4) is 0 Å². The lowest BCUT2D eigenvalue weighted by molar-refractivity contribution is 0.00578. The van der Waals surface area contributed by atoms with Gasteiger partial charge in [-0.1, -0.05) is 54.6 Å². The quantitative estimate of drug-likeness (QED) is 0.573. The van der Waals surface area contributed by atoms with E-state index in [4.69, 9.17) is 18.8 Å². The molecule has 0 atom stereocenters. The van der Waals surface area contributed by atoms with Crippen molar-refractivity contribution in [2.45, 2.75) is 78.4 Å². The Labute approximate surface area is 202 Å². The Morgan fingerprint density at radius 1 is 0.853 bits per heavy atom. The summed E-state index contributed by atoms with van der Waals surface area (Å²) in [5, 5.41) is 0. The molecule has 0 aliphatic carbocycles. The highest BCUT2D eigenvalue weighted by Gasteiger charge is 2.51. The van der Waals surface area contributed by atoms with E-state index < -0.39 is 36.1 Å². The molecule has 1 saturated heterocycles. The second-order valence-corrected chi connectivity index (χ2v) is 10.4. The first kappa shape index (κ1) is 25.8. The second kappa shape index (κ2) is 9.80. The number of hydrogen-bond donors (Lipinski definition) is 0. The zero-order chi connectivity index (χ0) is 25.1. The van der Waals surface area contributed by atoms with Gasteiger partial charge in [0.05, 0.1) is 17.7 Å². The van der Waals surface area contributed by atoms with Gasteiger partial charge in [-0.2, -0.15) is 0 Å². The highest BCUT2D eigenvalue weighted by atomic mass is 16.7. The first-order valence-electron chi connectivity index (χ1n) is 11.4. The van der Waals surface area contributed by atoms with E-state index in [0.717, 1.165) is 21.5 Å². The number of nitrogens with zero attached hydrogens (tertiary/aromatic N) is 1. The van der Waals surface area contributed by atoms with E-state index in [1.54, 1.807) is 20.8 Å². The molecule has 2 aromatic carbocycles. The second-order valence-electron chi connectivity index (χ2n) is 10.4. The van der Waals surface area contributed by atoms with Gasteiger partial charge in [-0.15, -0.1) is 0 Å². The summed E-state index contributed by atoms with van der Waals surface area (Å²) in [5.41, 5.74) is 0.793. The molecule has 2 aromatic rings. The van der Waals surface area contributed by atoms with Crippen molar-refractivity contribution in [3.63, 3.8) is 0 Å². The Morgan fingerprint density at radius 2 is 1.41 bits per heavy atom. The lowest BCUT2D eigenvalue weighted by atomic mass is 9.79. The molecule has 8 heteroatoms. The van der Waals surface area contributed by atoms with Gasteiger partial charge in [0.2, 0.25) is 0 Å². The van der Waals surface area contributed by atoms with E-state index in [1.807, 2.05) is 82.3 Å². The zero-order valence-corrected chi connectivity index (χ0v) is 21.1. The smallest absolute Gasteiger partial charge is 0.444 e. The average molecular weight is 467 g/mol. The molecule has 1 aliphatic heterocycles. The summed E-state index contributed by atoms with van der Waals surface area (Å²) in [6.07, 6.45) is -1.53. The molecular weight excluding hydrogens is 433 g/mol. The monoisotopic (exact) mass is 467 g/mol. The molecule has 1 heterocycles. The van der Waals surface area contributed by atoms with Crippen LogP contribution in [0.4, 0.5) is 9.59 Å². The van der Waals surface area contributed by atoms with Crippen LogP contribution in [0.25, 0.3) is 0 Å². The van der Waals surface area contributed by atoms with Crippen LogP contribution in [0.1, 0.15) is 59.6 Å². The summed E-state index contributed by atoms with van der Waals surface area (Å²) in [7, 11) is -0.489. The maximum absolute atomic E-state index is 12.8. The number of benzene rings is 2. The number of hydrogen-bond acceptors (Lipinski definition) is 6. The van der Waals surface area contributed by atoms with Gasteiger partial charge < -0.3 is 18.8 Å². The Hall–Kier alpha value is -2.84. The van der Waals surface area contributed by atoms with E-state index >= 15 is 0 Å². The summed E-state index contributed by atoms with van der Waals surface area (Å²) in [5.74, 6) is 0. The number of rotatable bonds is 5. The minimum absolute atomic E-state index is 0.00613. The van der Waals surface area contributed by atoms with Crippen molar-refractivity contribution in [2.24, 2.45) is 0 Å². The lowest BCUT2D eigenvalue weighted by Crippen LogP contribution is -2.41. The van der Waals surface area contributed by atoms with Gasteiger partial charge >= 0.3 is 19.3 Å². The van der Waals surface area contributed by atoms with Crippen LogP contribution in [-0.4, -0.2) is 41.0 Å². The number of carbonyl (C=O) groups is 2. The summed E-state index contributed by atoms with van der Waals surface area (Å²) < 4.78 is 23.0. The first-order valence-corrected chi connectivity index (χ1v) is 11.4. The van der Waals surface area contributed by atoms with Gasteiger partial charge in [0.25, 0.3) is 0 Å². The molecule has 1 aliphatic rings. The van der Waals surface area contributed by atoms with Gasteiger partial charge in [0.1, 0.15) is 12.2 Å². The Morgan fingerprint density at radius 3 is 1.94 bits per heavy atom. The van der Waals surface area contributed by atoms with E-state index in [-0.39, 0.29) is 13.2 Å². The normalized spacial score (nSPS) is 16.7. The summed E-state index contributed by atoms with van der Waals surface area (Å²) in [6.45, 7) is 13.3. The van der Waals surface area contributed by atoms with Crippen LogP contribution < -0.4 is 5.46 Å². The van der Waals surface area contributed by atoms with Crippen LogP contribution in [0.2, 0.25) is 0 Å². The van der Waals surface area contributed by atoms with Gasteiger partial charge in [-0.25, -0.2) is 14.5 Å². The van der Waals surface area contributed by atoms with Crippen LogP contribution in [0, 0.1) is 0 Å². The van der Waals surface area contributed by atoms with Crippen LogP contribution in [0.3, 0.4) is 0 Å². The van der Waals surface area contributed by atoms with Gasteiger partial charge in [-0.3, -0.25) is 0 Å². The summed E-state index contributed by atoms with van der Waals surface area (Å²) >= 11 is 0. The molecule has 34 heavy (non-hydrogen) atoms. The third kappa shape index (κ3) is 6.39. The molecule has 2 amide bonds. The van der Waals surface area contributed by atoms with Crippen LogP contribution in [0.15, 0.2) is 54.6 Å². The largest absolute Gasteiger partial charge is 0.494 e. The molecular formula is C26H34BNO6. The third-order valence-electron chi connectivity index (χ3n) is 5.89. The van der Waals surface area contributed by atoms with Crippen LogP contribution in [0.5, 0.6) is 0 Å². The standard InChI is InChI=1S/C26H34BNO6/c1-24(2,3)32-23(30)28(22(29)31-18-20-11-9-8-10-12-20)17-19-13-15-21(16-14-19)27-33-25(4,5)26(6,7)34-27/h8-16H,17-18H2,1-7H3. The molecule has 0 N–H and O–H groups in total. The molecule has 7 nitrogen and oxygen atoms in total. The minimum Gasteiger partial charge on any atom is -0.444 e. The number of amides is 2. The number of carbonyl (C=O) groups excluding carboxylic acids is 2. The van der Waals surface area contributed by atoms with E-state index in [2.05, 4.69) is 0 Å². The molecule has 0 bridgehead atoms. The van der Waals surface area contributed by atoms with Gasteiger partial charge in [0.15, 0.2) is 0 Å². The van der Waals surface area contributed by atoms with Crippen molar-refractivity contribution in [1.82, 2.24) is 4.90 Å². The molecule has 0 aromatic heterocycles. The first-order chi connectivity index (χ1) is 15.8. The fraction of sp³-hybridized carbons (Fsp3) is 0.462. The highest BCUT2D eigenvalue weighted by molar-refractivity contribution is 6.62. The van der Waals surface area contributed by atoms with E-state index in [9.17, 15) is 9.59 Å². The maximum Gasteiger partial charge on any atom is 0.494 e. The fourth-order valence-corrected chi connectivity index (χ4v) is 3.26. The predicted molar refractivity (Wildman–Crippen MR) is 131 cm³/mol. The van der Waals surface area contributed by atoms with Crippen LogP contribution in [-0.2, 0) is 31.9 Å². The molecule has 1 fully saturated rings. The van der Waals surface area contributed by atoms with Gasteiger partial charge in [0, 0.05) is 0 Å². The van der Waals surface area contributed by atoms with Gasteiger partial charge in [-0.05, 0) is 65.1 Å². The van der Waals surface area contributed by atoms with Crippen molar-refractivity contribution in [3.05, 3.63) is 65.7 Å². The molecule has 3 rings (SSSR count). The molecule has 0 spiro atoms. The van der Waals surface area contributed by atoms with E-state index in [0.29, 0.717) is 0 Å². The average Bonchev–Trinajstić information content (AvgIpc) is 2.97. The lowest BCUT2D eigenvalue weighted by Gasteiger charge is -2.32. The summed E-state index contributed by atoms with van der Waals surface area (Å²) in [6, 6.07) is 16.7. The highest BCUT2D eigenvalue weighted by Crippen LogP contribution is 2.36. The Bertz CT molecular complexity index is 982. The third-order valence-corrected chi connectivity index (χ3v) is 5.89. The van der Waals surface area contributed by atoms with Crippen molar-refractivity contribution < 1.29 is 28.4 Å². The van der Waals surface area contributed by atoms with Crippen LogP contribution >= 0.6 is 0 Å². The zero-order valence-electron chi connectivity index (χ0n) is 21.1. The van der Waals surface area contributed by atoms with Crippen molar-refractivity contribution >= 4 is 24.8 Å². The topological polar surface area (TPSA) is 74.3 Å². The molecule has 0 radical (unpaired) electrons. The van der Waals surface area contributed by atoms with Crippen molar-refractivity contribution in [2.75, 3.05) is 0 Å². The molecule has 182 valence electrons. The Kier molecular flexibility index (Phi) is 7.43. The fourth-order valence-electron chi connectivity index (χ4n) is 3.26. The summed E-state index contributed by atoms with van der Waals surface area (Å²) in [4.78, 5) is 26.6. The van der Waals surface area contributed by atoms with Crippen molar-refractivity contribution in [1.29, 1.82) is 0 Å². The molecule has 0 unspecified atom stereocenters.